The lowest BCUT2D eigenvalue weighted by Crippen LogP contribution is -1.99. The second-order valence-corrected chi connectivity index (χ2v) is 1.80. The van der Waals surface area contributed by atoms with E-state index in [1.807, 2.05) is 0 Å². The molecule has 0 amide bonds. The molecule has 1 rings (SSSR count). The van der Waals surface area contributed by atoms with Crippen LogP contribution in [0.3, 0.4) is 0 Å². The van der Waals surface area contributed by atoms with E-state index in [1.165, 1.54) is 0 Å². The summed E-state index contributed by atoms with van der Waals surface area (Å²) in [6.07, 6.45) is 0. The van der Waals surface area contributed by atoms with Gasteiger partial charge in [-0.1, -0.05) is 6.07 Å². The van der Waals surface area contributed by atoms with Crippen LogP contribution in [-0.4, -0.2) is 12.7 Å². The molecule has 0 heterocycles. The summed E-state index contributed by atoms with van der Waals surface area (Å²) >= 11 is 0. The van der Waals surface area contributed by atoms with E-state index in [9.17, 15) is 0 Å². The molecular formula is C6H7BNO2. The van der Waals surface area contributed by atoms with E-state index in [4.69, 9.17) is 10.8 Å². The molecular weight excluding hydrogens is 129 g/mol. The molecule has 3 nitrogen and oxygen atoms in total. The topological polar surface area (TPSA) is 55.5 Å². The summed E-state index contributed by atoms with van der Waals surface area (Å²) in [5.41, 5.74) is 6.02. The average Bonchev–Trinajstić information content (AvgIpc) is 1.88. The molecule has 0 spiro atoms. The van der Waals surface area contributed by atoms with Gasteiger partial charge in [-0.15, -0.1) is 0 Å². The Labute approximate surface area is 59.7 Å². The van der Waals surface area contributed by atoms with Crippen LogP contribution in [0.1, 0.15) is 0 Å². The summed E-state index contributed by atoms with van der Waals surface area (Å²) in [4.78, 5) is 0. The van der Waals surface area contributed by atoms with Crippen LogP contribution in [0.5, 0.6) is 5.75 Å². The first-order valence-electron chi connectivity index (χ1n) is 2.81. The molecule has 1 radical (unpaired) electrons. The van der Waals surface area contributed by atoms with E-state index in [0.29, 0.717) is 19.1 Å². The molecule has 0 fully saturated rings. The summed E-state index contributed by atoms with van der Waals surface area (Å²) in [7, 11) is 0.620. The summed E-state index contributed by atoms with van der Waals surface area (Å²) in [6, 6.07) is 6.80. The van der Waals surface area contributed by atoms with E-state index in [-0.39, 0.29) is 0 Å². The molecule has 3 N–H and O–H groups in total. The van der Waals surface area contributed by atoms with Crippen molar-refractivity contribution in [1.82, 2.24) is 0 Å². The van der Waals surface area contributed by atoms with Gasteiger partial charge in [0, 0.05) is 11.8 Å². The average molecular weight is 136 g/mol. The molecule has 10 heavy (non-hydrogen) atoms. The fraction of sp³-hybridized carbons (Fsp3) is 0. The monoisotopic (exact) mass is 136 g/mol. The van der Waals surface area contributed by atoms with Gasteiger partial charge in [-0.25, -0.2) is 0 Å². The van der Waals surface area contributed by atoms with Crippen molar-refractivity contribution in [2.24, 2.45) is 0 Å². The summed E-state index contributed by atoms with van der Waals surface area (Å²) in [5, 5.41) is 8.22. The van der Waals surface area contributed by atoms with Crippen LogP contribution in [0.2, 0.25) is 0 Å². The van der Waals surface area contributed by atoms with Crippen LogP contribution in [0.4, 0.5) is 5.69 Å². The van der Waals surface area contributed by atoms with Gasteiger partial charge in [-0.05, 0) is 12.1 Å². The maximum absolute atomic E-state index is 8.22. The number of anilines is 1. The molecule has 0 bridgehead atoms. The highest BCUT2D eigenvalue weighted by Gasteiger charge is 1.92. The number of hydrogen-bond donors (Lipinski definition) is 2. The first-order valence-corrected chi connectivity index (χ1v) is 2.81. The van der Waals surface area contributed by atoms with E-state index in [2.05, 4.69) is 4.65 Å². The number of hydrogen-bond acceptors (Lipinski definition) is 3. The molecule has 0 aromatic heterocycles. The van der Waals surface area contributed by atoms with Crippen LogP contribution in [0, 0.1) is 0 Å². The number of nitrogens with two attached hydrogens (primary N) is 1. The van der Waals surface area contributed by atoms with Gasteiger partial charge < -0.3 is 15.4 Å². The Balaban J connectivity index is 2.75. The lowest BCUT2D eigenvalue weighted by atomic mass is 10.3. The van der Waals surface area contributed by atoms with Crippen molar-refractivity contribution >= 4 is 13.4 Å². The van der Waals surface area contributed by atoms with Crippen molar-refractivity contribution in [1.29, 1.82) is 0 Å². The minimum Gasteiger partial charge on any atom is -0.537 e. The summed E-state index contributed by atoms with van der Waals surface area (Å²) in [6.45, 7) is 0. The Kier molecular flexibility index (Phi) is 2.17. The standard InChI is InChI=1S/C6H7BNO2/c8-5-2-1-3-6(4-5)10-7-9/h1-4,9H,8H2. The van der Waals surface area contributed by atoms with Crippen molar-refractivity contribution in [3.05, 3.63) is 24.3 Å². The molecule has 0 aliphatic rings. The second-order valence-electron chi connectivity index (χ2n) is 1.80. The Bertz CT molecular complexity index is 217. The van der Waals surface area contributed by atoms with Gasteiger partial charge in [0.05, 0.1) is 0 Å². The van der Waals surface area contributed by atoms with Crippen LogP contribution in [-0.2, 0) is 0 Å². The highest BCUT2D eigenvalue weighted by Crippen LogP contribution is 2.13. The van der Waals surface area contributed by atoms with Gasteiger partial charge >= 0.3 is 7.69 Å². The van der Waals surface area contributed by atoms with Crippen molar-refractivity contribution in [3.63, 3.8) is 0 Å². The quantitative estimate of drug-likeness (QED) is 0.450. The highest BCUT2D eigenvalue weighted by molar-refractivity contribution is 6.17. The molecule has 4 heteroatoms. The number of benzene rings is 1. The molecule has 51 valence electrons. The van der Waals surface area contributed by atoms with E-state index in [0.717, 1.165) is 0 Å². The van der Waals surface area contributed by atoms with Crippen molar-refractivity contribution in [3.8, 4) is 5.75 Å². The predicted octanol–water partition coefficient (Wildman–Crippen LogP) is 0.174. The zero-order valence-corrected chi connectivity index (χ0v) is 5.32. The Morgan fingerprint density at radius 1 is 1.50 bits per heavy atom. The SMILES string of the molecule is Nc1cccc(O[B]O)c1. The fourth-order valence-corrected chi connectivity index (χ4v) is 0.649. The molecule has 1 aromatic rings. The predicted molar refractivity (Wildman–Crippen MR) is 39.5 cm³/mol. The van der Waals surface area contributed by atoms with Crippen molar-refractivity contribution < 1.29 is 9.68 Å². The van der Waals surface area contributed by atoms with E-state index < -0.39 is 0 Å². The normalized spacial score (nSPS) is 8.90. The van der Waals surface area contributed by atoms with Crippen LogP contribution >= 0.6 is 0 Å². The first kappa shape index (κ1) is 6.96. The fourth-order valence-electron chi connectivity index (χ4n) is 0.649. The van der Waals surface area contributed by atoms with Gasteiger partial charge in [0.15, 0.2) is 0 Å². The first-order chi connectivity index (χ1) is 4.83. The third-order valence-corrected chi connectivity index (χ3v) is 1.05. The third kappa shape index (κ3) is 1.67. The summed E-state index contributed by atoms with van der Waals surface area (Å²) in [5.74, 6) is 0.530. The minimum atomic E-state index is 0.530. The van der Waals surface area contributed by atoms with Crippen LogP contribution in [0.25, 0.3) is 0 Å². The van der Waals surface area contributed by atoms with Crippen LogP contribution in [0.15, 0.2) is 24.3 Å². The highest BCUT2D eigenvalue weighted by atomic mass is 16.5. The maximum Gasteiger partial charge on any atom is 0.569 e. The Morgan fingerprint density at radius 3 is 2.90 bits per heavy atom. The Hall–Kier alpha value is -1.16. The second kappa shape index (κ2) is 3.13. The van der Waals surface area contributed by atoms with E-state index >= 15 is 0 Å². The molecule has 0 saturated carbocycles. The zero-order valence-electron chi connectivity index (χ0n) is 5.32. The van der Waals surface area contributed by atoms with Crippen LogP contribution < -0.4 is 10.4 Å². The molecule has 0 atom stereocenters. The molecule has 0 unspecified atom stereocenters. The largest absolute Gasteiger partial charge is 0.569 e. The van der Waals surface area contributed by atoms with Gasteiger partial charge in [0.1, 0.15) is 5.75 Å². The third-order valence-electron chi connectivity index (χ3n) is 1.05. The summed E-state index contributed by atoms with van der Waals surface area (Å²) < 4.78 is 4.64. The Morgan fingerprint density at radius 2 is 2.30 bits per heavy atom. The molecule has 0 aliphatic heterocycles. The maximum atomic E-state index is 8.22. The van der Waals surface area contributed by atoms with Gasteiger partial charge in [0.25, 0.3) is 0 Å². The number of rotatable bonds is 2. The van der Waals surface area contributed by atoms with Crippen molar-refractivity contribution in [2.75, 3.05) is 5.73 Å². The smallest absolute Gasteiger partial charge is 0.537 e. The molecule has 1 aromatic carbocycles. The molecule has 0 aliphatic carbocycles. The van der Waals surface area contributed by atoms with Gasteiger partial charge in [0.2, 0.25) is 0 Å². The lowest BCUT2D eigenvalue weighted by molar-refractivity contribution is 0.454. The van der Waals surface area contributed by atoms with Crippen molar-refractivity contribution in [2.45, 2.75) is 0 Å². The number of nitrogen functional groups attached to an aromatic ring is 1. The molecule has 0 saturated heterocycles. The van der Waals surface area contributed by atoms with Gasteiger partial charge in [-0.2, -0.15) is 0 Å². The van der Waals surface area contributed by atoms with Gasteiger partial charge in [-0.3, -0.25) is 0 Å². The van der Waals surface area contributed by atoms with E-state index in [1.54, 1.807) is 24.3 Å². The zero-order chi connectivity index (χ0) is 7.40. The lowest BCUT2D eigenvalue weighted by Gasteiger charge is -2.00. The minimum absolute atomic E-state index is 0.530.